The zero-order chi connectivity index (χ0) is 22.5. The summed E-state index contributed by atoms with van der Waals surface area (Å²) in [5.41, 5.74) is 6.03. The van der Waals surface area contributed by atoms with E-state index in [1.165, 1.54) is 41.6 Å². The van der Waals surface area contributed by atoms with Crippen molar-refractivity contribution in [1.82, 2.24) is 15.5 Å². The standard InChI is InChI=1S/C26H34N4O2/c1-19-6-8-20(9-7-19)17-27-25(31)26(32)28-18-24(30-13-4-3-5-14-30)21-10-11-23-22(16-21)12-15-29(23)2/h6-11,16,24H,3-5,12-15,17-18H2,1-2H3,(H,27,31)(H,28,32)/t24-/m0/s1. The Kier molecular flexibility index (Phi) is 7.10. The Hall–Kier alpha value is -2.86. The Morgan fingerprint density at radius 3 is 2.41 bits per heavy atom. The number of carbonyl (C=O) groups excluding carboxylic acids is 2. The lowest BCUT2D eigenvalue weighted by molar-refractivity contribution is -0.139. The van der Waals surface area contributed by atoms with Gasteiger partial charge in [0.1, 0.15) is 0 Å². The van der Waals surface area contributed by atoms with Crippen molar-refractivity contribution in [3.63, 3.8) is 0 Å². The van der Waals surface area contributed by atoms with E-state index in [0.29, 0.717) is 13.1 Å². The Bertz CT molecular complexity index is 951. The van der Waals surface area contributed by atoms with Gasteiger partial charge in [-0.25, -0.2) is 0 Å². The molecule has 0 saturated carbocycles. The summed E-state index contributed by atoms with van der Waals surface area (Å²) in [5.74, 6) is -1.15. The van der Waals surface area contributed by atoms with Crippen LogP contribution >= 0.6 is 0 Å². The number of benzene rings is 2. The molecule has 6 nitrogen and oxygen atoms in total. The van der Waals surface area contributed by atoms with Crippen molar-refractivity contribution in [2.75, 3.05) is 38.1 Å². The molecule has 2 N–H and O–H groups in total. The zero-order valence-corrected chi connectivity index (χ0v) is 19.2. The third-order valence-electron chi connectivity index (χ3n) is 6.68. The van der Waals surface area contributed by atoms with Crippen LogP contribution in [0.4, 0.5) is 5.69 Å². The molecule has 0 unspecified atom stereocenters. The number of piperidine rings is 1. The van der Waals surface area contributed by atoms with Crippen LogP contribution in [-0.2, 0) is 22.6 Å². The topological polar surface area (TPSA) is 64.7 Å². The first-order valence-electron chi connectivity index (χ1n) is 11.7. The first-order valence-corrected chi connectivity index (χ1v) is 11.7. The molecule has 1 atom stereocenters. The van der Waals surface area contributed by atoms with Crippen molar-refractivity contribution in [2.45, 2.75) is 45.2 Å². The average Bonchev–Trinajstić information content (AvgIpc) is 3.19. The van der Waals surface area contributed by atoms with Crippen LogP contribution in [0.25, 0.3) is 0 Å². The minimum absolute atomic E-state index is 0.0837. The number of nitrogens with one attached hydrogen (secondary N) is 2. The Morgan fingerprint density at radius 2 is 1.66 bits per heavy atom. The number of hydrogen-bond acceptors (Lipinski definition) is 4. The zero-order valence-electron chi connectivity index (χ0n) is 19.2. The average molecular weight is 435 g/mol. The molecular weight excluding hydrogens is 400 g/mol. The molecule has 2 aromatic carbocycles. The maximum atomic E-state index is 12.5. The second kappa shape index (κ2) is 10.2. The van der Waals surface area contributed by atoms with Crippen LogP contribution in [0.15, 0.2) is 42.5 Å². The Labute approximate surface area is 191 Å². The normalized spacial score (nSPS) is 17.0. The number of nitrogens with zero attached hydrogens (tertiary/aromatic N) is 2. The molecule has 1 fully saturated rings. The SMILES string of the molecule is Cc1ccc(CNC(=O)C(=O)NC[C@@H](c2ccc3c(c2)CCN3C)N2CCCCC2)cc1. The highest BCUT2D eigenvalue weighted by Gasteiger charge is 2.26. The summed E-state index contributed by atoms with van der Waals surface area (Å²) in [6.07, 6.45) is 4.66. The highest BCUT2D eigenvalue weighted by atomic mass is 16.2. The number of rotatable bonds is 6. The first kappa shape index (κ1) is 22.3. The minimum atomic E-state index is -0.585. The fourth-order valence-corrected chi connectivity index (χ4v) is 4.72. The van der Waals surface area contributed by atoms with Gasteiger partial charge < -0.3 is 15.5 Å². The molecule has 1 saturated heterocycles. The van der Waals surface area contributed by atoms with Crippen LogP contribution in [0, 0.1) is 6.92 Å². The van der Waals surface area contributed by atoms with E-state index in [1.54, 1.807) is 0 Å². The van der Waals surface area contributed by atoms with Crippen LogP contribution in [0.5, 0.6) is 0 Å². The van der Waals surface area contributed by atoms with E-state index in [-0.39, 0.29) is 6.04 Å². The van der Waals surface area contributed by atoms with Gasteiger partial charge in [0.2, 0.25) is 0 Å². The molecule has 0 aliphatic carbocycles. The Balaban J connectivity index is 1.39. The molecule has 0 bridgehead atoms. The Morgan fingerprint density at radius 1 is 0.938 bits per heavy atom. The second-order valence-corrected chi connectivity index (χ2v) is 9.05. The summed E-state index contributed by atoms with van der Waals surface area (Å²) in [4.78, 5) is 29.6. The molecule has 4 rings (SSSR count). The quantitative estimate of drug-likeness (QED) is 0.686. The van der Waals surface area contributed by atoms with Crippen molar-refractivity contribution in [1.29, 1.82) is 0 Å². The third-order valence-corrected chi connectivity index (χ3v) is 6.68. The lowest BCUT2D eigenvalue weighted by Crippen LogP contribution is -2.45. The molecule has 2 aliphatic rings. The second-order valence-electron chi connectivity index (χ2n) is 9.05. The lowest BCUT2D eigenvalue weighted by atomic mass is 9.98. The number of carbonyl (C=O) groups is 2. The van der Waals surface area contributed by atoms with E-state index in [1.807, 2.05) is 31.2 Å². The summed E-state index contributed by atoms with van der Waals surface area (Å²) >= 11 is 0. The summed E-state index contributed by atoms with van der Waals surface area (Å²) < 4.78 is 0. The number of likely N-dealkylation sites (N-methyl/N-ethyl adjacent to an activating group) is 1. The van der Waals surface area contributed by atoms with Crippen molar-refractivity contribution < 1.29 is 9.59 Å². The van der Waals surface area contributed by atoms with Gasteiger partial charge in [0.15, 0.2) is 0 Å². The van der Waals surface area contributed by atoms with Crippen molar-refractivity contribution in [2.24, 2.45) is 0 Å². The molecule has 170 valence electrons. The molecule has 0 aromatic heterocycles. The molecule has 2 amide bonds. The van der Waals surface area contributed by atoms with E-state index in [2.05, 4.69) is 45.7 Å². The minimum Gasteiger partial charge on any atom is -0.374 e. The van der Waals surface area contributed by atoms with Gasteiger partial charge in [-0.1, -0.05) is 48.4 Å². The summed E-state index contributed by atoms with van der Waals surface area (Å²) in [6, 6.07) is 14.7. The molecule has 2 heterocycles. The first-order chi connectivity index (χ1) is 15.5. The van der Waals surface area contributed by atoms with Crippen LogP contribution in [-0.4, -0.2) is 49.9 Å². The van der Waals surface area contributed by atoms with Gasteiger partial charge in [-0.05, 0) is 62.0 Å². The van der Waals surface area contributed by atoms with Gasteiger partial charge >= 0.3 is 11.8 Å². The van der Waals surface area contributed by atoms with Crippen LogP contribution in [0.3, 0.4) is 0 Å². The van der Waals surface area contributed by atoms with Crippen LogP contribution in [0.1, 0.15) is 47.6 Å². The fraction of sp³-hybridized carbons (Fsp3) is 0.462. The predicted molar refractivity (Wildman–Crippen MR) is 128 cm³/mol. The molecular formula is C26H34N4O2. The van der Waals surface area contributed by atoms with Crippen molar-refractivity contribution in [3.8, 4) is 0 Å². The van der Waals surface area contributed by atoms with Crippen molar-refractivity contribution in [3.05, 3.63) is 64.7 Å². The summed E-state index contributed by atoms with van der Waals surface area (Å²) in [7, 11) is 2.13. The number of amides is 2. The monoisotopic (exact) mass is 434 g/mol. The molecule has 0 spiro atoms. The van der Waals surface area contributed by atoms with Crippen LogP contribution < -0.4 is 15.5 Å². The highest BCUT2D eigenvalue weighted by Crippen LogP contribution is 2.32. The number of hydrogen-bond donors (Lipinski definition) is 2. The third kappa shape index (κ3) is 5.30. The smallest absolute Gasteiger partial charge is 0.309 e. The van der Waals surface area contributed by atoms with Gasteiger partial charge in [0.05, 0.1) is 6.04 Å². The molecule has 2 aliphatic heterocycles. The molecule has 2 aromatic rings. The number of likely N-dealkylation sites (tertiary alicyclic amines) is 1. The number of anilines is 1. The summed E-state index contributed by atoms with van der Waals surface area (Å²) in [6.45, 7) is 5.90. The van der Waals surface area contributed by atoms with E-state index in [4.69, 9.17) is 0 Å². The van der Waals surface area contributed by atoms with E-state index >= 15 is 0 Å². The predicted octanol–water partition coefficient (Wildman–Crippen LogP) is 2.95. The van der Waals surface area contributed by atoms with E-state index in [0.717, 1.165) is 31.6 Å². The van der Waals surface area contributed by atoms with Crippen LogP contribution in [0.2, 0.25) is 0 Å². The van der Waals surface area contributed by atoms with Gasteiger partial charge in [-0.3, -0.25) is 14.5 Å². The summed E-state index contributed by atoms with van der Waals surface area (Å²) in [5, 5.41) is 5.63. The van der Waals surface area contributed by atoms with Gasteiger partial charge in [0, 0.05) is 32.4 Å². The molecule has 0 radical (unpaired) electrons. The number of aryl methyl sites for hydroxylation is 1. The van der Waals surface area contributed by atoms with Crippen molar-refractivity contribution >= 4 is 17.5 Å². The number of fused-ring (bicyclic) bond motifs is 1. The largest absolute Gasteiger partial charge is 0.374 e. The maximum Gasteiger partial charge on any atom is 0.309 e. The van der Waals surface area contributed by atoms with Gasteiger partial charge in [0.25, 0.3) is 0 Å². The highest BCUT2D eigenvalue weighted by molar-refractivity contribution is 6.35. The van der Waals surface area contributed by atoms with E-state index in [9.17, 15) is 9.59 Å². The maximum absolute atomic E-state index is 12.5. The molecule has 6 heteroatoms. The van der Waals surface area contributed by atoms with Gasteiger partial charge in [-0.15, -0.1) is 0 Å². The molecule has 32 heavy (non-hydrogen) atoms. The van der Waals surface area contributed by atoms with Gasteiger partial charge in [-0.2, -0.15) is 0 Å². The lowest BCUT2D eigenvalue weighted by Gasteiger charge is -2.35. The van der Waals surface area contributed by atoms with E-state index < -0.39 is 11.8 Å². The fourth-order valence-electron chi connectivity index (χ4n) is 4.72.